The number of carbonyl (C=O) groups is 2. The molecular formula is C34H42ClN3O5S. The molecule has 0 radical (unpaired) electrons. The number of hydrogen-bond donors (Lipinski definition) is 1. The Labute approximate surface area is 266 Å². The largest absolute Gasteiger partial charge is 0.382 e. The molecule has 3 aromatic carbocycles. The topological polar surface area (TPSA) is 96.0 Å². The first-order valence-corrected chi connectivity index (χ1v) is 17.1. The number of rotatable bonds is 16. The van der Waals surface area contributed by atoms with Gasteiger partial charge in [-0.3, -0.25) is 9.59 Å². The lowest BCUT2D eigenvalue weighted by molar-refractivity contribution is -0.141. The Bertz CT molecular complexity index is 1440. The van der Waals surface area contributed by atoms with Crippen molar-refractivity contribution in [1.29, 1.82) is 0 Å². The summed E-state index contributed by atoms with van der Waals surface area (Å²) in [6.45, 7) is 4.88. The second-order valence-electron chi connectivity index (χ2n) is 11.0. The van der Waals surface area contributed by atoms with Crippen molar-refractivity contribution < 1.29 is 22.7 Å². The van der Waals surface area contributed by atoms with Gasteiger partial charge >= 0.3 is 0 Å². The number of nitrogens with zero attached hydrogens (tertiary/aromatic N) is 2. The molecule has 1 aliphatic heterocycles. The Hall–Kier alpha value is -3.24. The van der Waals surface area contributed by atoms with E-state index in [9.17, 15) is 18.0 Å². The zero-order valence-electron chi connectivity index (χ0n) is 25.3. The van der Waals surface area contributed by atoms with Gasteiger partial charge in [0, 0.05) is 57.3 Å². The number of amides is 2. The minimum atomic E-state index is -3.51. The van der Waals surface area contributed by atoms with Crippen LogP contribution in [0.2, 0.25) is 5.02 Å². The molecular weight excluding hydrogens is 598 g/mol. The number of aryl methyl sites for hydroxylation is 1. The van der Waals surface area contributed by atoms with Gasteiger partial charge < -0.3 is 15.0 Å². The fourth-order valence-electron chi connectivity index (χ4n) is 5.29. The van der Waals surface area contributed by atoms with Crippen LogP contribution in [0.1, 0.15) is 49.3 Å². The quantitative estimate of drug-likeness (QED) is 0.216. The maximum atomic E-state index is 13.9. The van der Waals surface area contributed by atoms with E-state index >= 15 is 0 Å². The summed E-state index contributed by atoms with van der Waals surface area (Å²) in [7, 11) is -3.51. The molecule has 2 amide bonds. The predicted molar refractivity (Wildman–Crippen MR) is 173 cm³/mol. The van der Waals surface area contributed by atoms with Gasteiger partial charge in [0.25, 0.3) is 0 Å². The zero-order chi connectivity index (χ0) is 31.4. The molecule has 0 unspecified atom stereocenters. The Morgan fingerprint density at radius 1 is 0.932 bits per heavy atom. The standard InChI is InChI=1S/C34H42ClN3O5S/c1-2-43-24-8-21-36-34(40)32(25-28-9-4-3-5-10-28)38(26-29-11-16-30(35)17-12-29)33(39)20-15-27-13-18-31(19-14-27)44(41,42)37-22-6-7-23-37/h3-5,9-14,16-19,32H,2,6-8,15,20-26H2,1H3,(H,36,40)/t32-/m0/s1. The monoisotopic (exact) mass is 639 g/mol. The van der Waals surface area contributed by atoms with Gasteiger partial charge in [-0.2, -0.15) is 4.31 Å². The van der Waals surface area contributed by atoms with Gasteiger partial charge in [0.05, 0.1) is 4.90 Å². The smallest absolute Gasteiger partial charge is 0.243 e. The van der Waals surface area contributed by atoms with Crippen molar-refractivity contribution in [1.82, 2.24) is 14.5 Å². The molecule has 10 heteroatoms. The minimum absolute atomic E-state index is 0.161. The summed E-state index contributed by atoms with van der Waals surface area (Å²) < 4.78 is 32.8. The Morgan fingerprint density at radius 3 is 2.25 bits per heavy atom. The van der Waals surface area contributed by atoms with E-state index in [2.05, 4.69) is 5.32 Å². The van der Waals surface area contributed by atoms with Gasteiger partial charge in [0.2, 0.25) is 21.8 Å². The second-order valence-corrected chi connectivity index (χ2v) is 13.3. The summed E-state index contributed by atoms with van der Waals surface area (Å²) in [5.74, 6) is -0.386. The van der Waals surface area contributed by atoms with Crippen molar-refractivity contribution in [3.8, 4) is 0 Å². The molecule has 1 fully saturated rings. The molecule has 236 valence electrons. The van der Waals surface area contributed by atoms with Crippen molar-refractivity contribution in [2.24, 2.45) is 0 Å². The van der Waals surface area contributed by atoms with Crippen LogP contribution >= 0.6 is 11.6 Å². The van der Waals surface area contributed by atoms with Crippen molar-refractivity contribution >= 4 is 33.4 Å². The van der Waals surface area contributed by atoms with Gasteiger partial charge in [-0.1, -0.05) is 66.2 Å². The fourth-order valence-corrected chi connectivity index (χ4v) is 6.93. The normalized spacial score (nSPS) is 14.3. The van der Waals surface area contributed by atoms with E-state index < -0.39 is 16.1 Å². The number of benzene rings is 3. The summed E-state index contributed by atoms with van der Waals surface area (Å²) in [4.78, 5) is 29.5. The van der Waals surface area contributed by atoms with Crippen LogP contribution in [0.4, 0.5) is 0 Å². The molecule has 0 saturated carbocycles. The highest BCUT2D eigenvalue weighted by atomic mass is 35.5. The summed E-state index contributed by atoms with van der Waals surface area (Å²) in [6.07, 6.45) is 3.36. The first kappa shape index (κ1) is 33.6. The van der Waals surface area contributed by atoms with Crippen LogP contribution in [-0.2, 0) is 43.7 Å². The predicted octanol–water partition coefficient (Wildman–Crippen LogP) is 5.24. The molecule has 1 atom stereocenters. The number of halogens is 1. The molecule has 4 rings (SSSR count). The molecule has 1 N–H and O–H groups in total. The molecule has 1 heterocycles. The average molecular weight is 640 g/mol. The van der Waals surface area contributed by atoms with E-state index in [-0.39, 0.29) is 29.7 Å². The van der Waals surface area contributed by atoms with Crippen molar-refractivity contribution in [3.05, 3.63) is 101 Å². The molecule has 0 aromatic heterocycles. The number of nitrogens with one attached hydrogen (secondary N) is 1. The maximum absolute atomic E-state index is 13.9. The lowest BCUT2D eigenvalue weighted by Gasteiger charge is -2.32. The summed E-state index contributed by atoms with van der Waals surface area (Å²) in [6, 6.07) is 23.0. The molecule has 0 spiro atoms. The van der Waals surface area contributed by atoms with Crippen molar-refractivity contribution in [3.63, 3.8) is 0 Å². The van der Waals surface area contributed by atoms with Crippen LogP contribution in [0.5, 0.6) is 0 Å². The molecule has 0 aliphatic carbocycles. The van der Waals surface area contributed by atoms with E-state index in [1.807, 2.05) is 49.4 Å². The minimum Gasteiger partial charge on any atom is -0.382 e. The first-order valence-electron chi connectivity index (χ1n) is 15.3. The fraction of sp³-hybridized carbons (Fsp3) is 0.412. The summed E-state index contributed by atoms with van der Waals surface area (Å²) in [5, 5.41) is 3.61. The number of hydrogen-bond acceptors (Lipinski definition) is 5. The third-order valence-corrected chi connectivity index (χ3v) is 9.92. The Morgan fingerprint density at radius 2 is 1.59 bits per heavy atom. The van der Waals surface area contributed by atoms with Crippen LogP contribution in [-0.4, -0.2) is 68.3 Å². The molecule has 3 aromatic rings. The highest BCUT2D eigenvalue weighted by molar-refractivity contribution is 7.89. The van der Waals surface area contributed by atoms with E-state index in [0.717, 1.165) is 29.5 Å². The molecule has 44 heavy (non-hydrogen) atoms. The third-order valence-electron chi connectivity index (χ3n) is 7.76. The van der Waals surface area contributed by atoms with Crippen LogP contribution in [0.25, 0.3) is 0 Å². The van der Waals surface area contributed by atoms with E-state index in [1.54, 1.807) is 41.3 Å². The summed E-state index contributed by atoms with van der Waals surface area (Å²) >= 11 is 6.12. The van der Waals surface area contributed by atoms with Gasteiger partial charge in [-0.05, 0) is 73.6 Å². The SMILES string of the molecule is CCOCCCNC(=O)[C@H](Cc1ccccc1)N(Cc1ccc(Cl)cc1)C(=O)CCc1ccc(S(=O)(=O)N2CCCC2)cc1. The molecule has 1 aliphatic rings. The highest BCUT2D eigenvalue weighted by Crippen LogP contribution is 2.22. The van der Waals surface area contributed by atoms with Crippen molar-refractivity contribution in [2.45, 2.75) is 62.9 Å². The average Bonchev–Trinajstić information content (AvgIpc) is 3.59. The van der Waals surface area contributed by atoms with Gasteiger partial charge in [0.15, 0.2) is 0 Å². The first-order chi connectivity index (χ1) is 21.3. The second kappa shape index (κ2) is 16.7. The third kappa shape index (κ3) is 9.63. The van der Waals surface area contributed by atoms with E-state index in [4.69, 9.17) is 16.3 Å². The van der Waals surface area contributed by atoms with Gasteiger partial charge in [0.1, 0.15) is 6.04 Å². The highest BCUT2D eigenvalue weighted by Gasteiger charge is 2.30. The number of carbonyl (C=O) groups excluding carboxylic acids is 2. The lowest BCUT2D eigenvalue weighted by atomic mass is 10.0. The molecule has 1 saturated heterocycles. The maximum Gasteiger partial charge on any atom is 0.243 e. The van der Waals surface area contributed by atoms with E-state index in [0.29, 0.717) is 57.1 Å². The van der Waals surface area contributed by atoms with Crippen LogP contribution < -0.4 is 5.32 Å². The molecule has 0 bridgehead atoms. The van der Waals surface area contributed by atoms with Gasteiger partial charge in [-0.25, -0.2) is 8.42 Å². The number of sulfonamides is 1. The Balaban J connectivity index is 1.52. The number of ether oxygens (including phenoxy) is 1. The van der Waals surface area contributed by atoms with Crippen LogP contribution in [0.3, 0.4) is 0 Å². The van der Waals surface area contributed by atoms with Crippen molar-refractivity contribution in [2.75, 3.05) is 32.8 Å². The lowest BCUT2D eigenvalue weighted by Crippen LogP contribution is -2.50. The van der Waals surface area contributed by atoms with Gasteiger partial charge in [-0.15, -0.1) is 0 Å². The van der Waals surface area contributed by atoms with E-state index in [1.165, 1.54) is 4.31 Å². The summed E-state index contributed by atoms with van der Waals surface area (Å²) in [5.41, 5.74) is 2.66. The molecule has 8 nitrogen and oxygen atoms in total. The van der Waals surface area contributed by atoms with Crippen LogP contribution in [0, 0.1) is 0 Å². The Kier molecular flexibility index (Phi) is 12.8. The zero-order valence-corrected chi connectivity index (χ0v) is 26.9. The van der Waals surface area contributed by atoms with Crippen LogP contribution in [0.15, 0.2) is 83.8 Å².